The zero-order valence-corrected chi connectivity index (χ0v) is 15.3. The second-order valence-electron chi connectivity index (χ2n) is 8.01. The van der Waals surface area contributed by atoms with E-state index in [1.165, 1.54) is 22.3 Å². The summed E-state index contributed by atoms with van der Waals surface area (Å²) < 4.78 is 10.6. The lowest BCUT2D eigenvalue weighted by Gasteiger charge is -2.26. The first-order valence-electron chi connectivity index (χ1n) is 9.53. The minimum absolute atomic E-state index is 0.0241. The van der Waals surface area contributed by atoms with Crippen LogP contribution in [-0.4, -0.2) is 25.4 Å². The fourth-order valence-electron chi connectivity index (χ4n) is 3.47. The van der Waals surface area contributed by atoms with Crippen LogP contribution in [0, 0.1) is 0 Å². The van der Waals surface area contributed by atoms with Gasteiger partial charge in [0.15, 0.2) is 0 Å². The van der Waals surface area contributed by atoms with Gasteiger partial charge in [0.1, 0.15) is 0 Å². The van der Waals surface area contributed by atoms with Crippen molar-refractivity contribution in [2.24, 2.45) is 0 Å². The van der Waals surface area contributed by atoms with Gasteiger partial charge in [0.25, 0.3) is 0 Å². The lowest BCUT2D eigenvalue weighted by atomic mass is 9.77. The van der Waals surface area contributed by atoms with Crippen molar-refractivity contribution in [3.63, 3.8) is 0 Å². The van der Waals surface area contributed by atoms with Gasteiger partial charge in [-0.15, -0.1) is 0 Å². The van der Waals surface area contributed by atoms with E-state index in [9.17, 15) is 0 Å². The first kappa shape index (κ1) is 16.8. The predicted octanol–water partition coefficient (Wildman–Crippen LogP) is 4.68. The van der Waals surface area contributed by atoms with Crippen molar-refractivity contribution in [1.82, 2.24) is 0 Å². The molecule has 2 heterocycles. The maximum atomic E-state index is 5.30. The molecule has 2 unspecified atom stereocenters. The first-order chi connectivity index (χ1) is 12.1. The third-order valence-electron chi connectivity index (χ3n) is 5.67. The van der Waals surface area contributed by atoms with Gasteiger partial charge in [0, 0.05) is 5.41 Å². The van der Waals surface area contributed by atoms with E-state index in [0.717, 1.165) is 38.9 Å². The Kier molecular flexibility index (Phi) is 4.66. The molecule has 0 radical (unpaired) electrons. The molecule has 0 N–H and O–H groups in total. The molecule has 0 bridgehead atoms. The number of aryl methyl sites for hydroxylation is 2. The first-order valence-corrected chi connectivity index (χ1v) is 9.53. The normalized spacial score (nSPS) is 22.0. The van der Waals surface area contributed by atoms with E-state index >= 15 is 0 Å². The fraction of sp³-hybridized carbons (Fsp3) is 0.478. The molecule has 2 heteroatoms. The predicted molar refractivity (Wildman–Crippen MR) is 101 cm³/mol. The Morgan fingerprint density at radius 1 is 0.720 bits per heavy atom. The molecular weight excluding hydrogens is 308 g/mol. The average Bonchev–Trinajstić information content (AvgIpc) is 3.54. The molecule has 0 amide bonds. The van der Waals surface area contributed by atoms with Crippen LogP contribution >= 0.6 is 0 Å². The molecule has 2 aromatic carbocycles. The van der Waals surface area contributed by atoms with Crippen molar-refractivity contribution in [2.75, 3.05) is 13.2 Å². The van der Waals surface area contributed by atoms with Crippen molar-refractivity contribution in [3.8, 4) is 0 Å². The second kappa shape index (κ2) is 6.93. The third kappa shape index (κ3) is 4.31. The van der Waals surface area contributed by atoms with Crippen LogP contribution < -0.4 is 0 Å². The van der Waals surface area contributed by atoms with Crippen molar-refractivity contribution < 1.29 is 9.47 Å². The standard InChI is InChI=1S/C23H28O2/c1-23(2,19-9-3-17(4-10-19)7-13-21-15-24-21)20-11-5-18(6-12-20)8-14-22-16-25-22/h3-6,9-12,21-22H,7-8,13-16H2,1-2H3. The van der Waals surface area contributed by atoms with E-state index in [0.29, 0.717) is 12.2 Å². The smallest absolute Gasteiger partial charge is 0.0813 e. The summed E-state index contributed by atoms with van der Waals surface area (Å²) in [6.45, 7) is 6.53. The van der Waals surface area contributed by atoms with Crippen LogP contribution in [0.15, 0.2) is 48.5 Å². The average molecular weight is 336 g/mol. The summed E-state index contributed by atoms with van der Waals surface area (Å²) in [7, 11) is 0. The van der Waals surface area contributed by atoms with Crippen molar-refractivity contribution >= 4 is 0 Å². The Morgan fingerprint density at radius 3 is 1.40 bits per heavy atom. The van der Waals surface area contributed by atoms with Gasteiger partial charge in [0.05, 0.1) is 25.4 Å². The molecule has 2 fully saturated rings. The molecule has 2 saturated heterocycles. The zero-order chi connectivity index (χ0) is 17.3. The van der Waals surface area contributed by atoms with E-state index in [-0.39, 0.29) is 5.41 Å². The van der Waals surface area contributed by atoms with E-state index in [4.69, 9.17) is 9.47 Å². The Labute approximate surface area is 151 Å². The van der Waals surface area contributed by atoms with Crippen LogP contribution in [0.3, 0.4) is 0 Å². The third-order valence-corrected chi connectivity index (χ3v) is 5.67. The molecule has 25 heavy (non-hydrogen) atoms. The van der Waals surface area contributed by atoms with Gasteiger partial charge in [-0.05, 0) is 47.9 Å². The molecule has 0 saturated carbocycles. The van der Waals surface area contributed by atoms with Crippen LogP contribution in [0.2, 0.25) is 0 Å². The summed E-state index contributed by atoms with van der Waals surface area (Å²) in [5.74, 6) is 0. The Bertz CT molecular complexity index is 630. The topological polar surface area (TPSA) is 25.1 Å². The zero-order valence-electron chi connectivity index (χ0n) is 15.3. The number of hydrogen-bond donors (Lipinski definition) is 0. The molecule has 4 rings (SSSR count). The number of rotatable bonds is 8. The van der Waals surface area contributed by atoms with Crippen LogP contribution in [-0.2, 0) is 27.7 Å². The maximum absolute atomic E-state index is 5.30. The Morgan fingerprint density at radius 2 is 1.08 bits per heavy atom. The van der Waals surface area contributed by atoms with Crippen LogP contribution in [0.1, 0.15) is 48.9 Å². The van der Waals surface area contributed by atoms with Crippen LogP contribution in [0.5, 0.6) is 0 Å². The summed E-state index contributed by atoms with van der Waals surface area (Å²) in [5, 5.41) is 0. The lowest BCUT2D eigenvalue weighted by Crippen LogP contribution is -2.18. The summed E-state index contributed by atoms with van der Waals surface area (Å²) in [5.41, 5.74) is 5.59. The largest absolute Gasteiger partial charge is 0.373 e. The lowest BCUT2D eigenvalue weighted by molar-refractivity contribution is 0.396. The Balaban J connectivity index is 1.41. The van der Waals surface area contributed by atoms with E-state index in [2.05, 4.69) is 62.4 Å². The van der Waals surface area contributed by atoms with Gasteiger partial charge < -0.3 is 9.47 Å². The van der Waals surface area contributed by atoms with Gasteiger partial charge in [-0.3, -0.25) is 0 Å². The molecule has 0 aliphatic carbocycles. The molecule has 2 atom stereocenters. The summed E-state index contributed by atoms with van der Waals surface area (Å²) in [4.78, 5) is 0. The van der Waals surface area contributed by atoms with E-state index in [1.54, 1.807) is 0 Å². The number of ether oxygens (including phenoxy) is 2. The van der Waals surface area contributed by atoms with Crippen LogP contribution in [0.25, 0.3) is 0 Å². The molecule has 0 aromatic heterocycles. The molecule has 2 aliphatic rings. The number of hydrogen-bond acceptors (Lipinski definition) is 2. The van der Waals surface area contributed by atoms with Gasteiger partial charge in [0.2, 0.25) is 0 Å². The second-order valence-corrected chi connectivity index (χ2v) is 8.01. The highest BCUT2D eigenvalue weighted by molar-refractivity contribution is 5.39. The molecule has 132 valence electrons. The maximum Gasteiger partial charge on any atom is 0.0813 e. The number of epoxide rings is 2. The van der Waals surface area contributed by atoms with Gasteiger partial charge in [-0.2, -0.15) is 0 Å². The summed E-state index contributed by atoms with van der Waals surface area (Å²) in [6, 6.07) is 18.3. The van der Waals surface area contributed by atoms with Crippen molar-refractivity contribution in [2.45, 2.75) is 57.2 Å². The quantitative estimate of drug-likeness (QED) is 0.654. The highest BCUT2D eigenvalue weighted by Crippen LogP contribution is 2.32. The van der Waals surface area contributed by atoms with Gasteiger partial charge in [-0.25, -0.2) is 0 Å². The van der Waals surface area contributed by atoms with Gasteiger partial charge >= 0.3 is 0 Å². The SMILES string of the molecule is CC(C)(c1ccc(CCC2CO2)cc1)c1ccc(CCC2CO2)cc1. The molecule has 2 nitrogen and oxygen atoms in total. The number of benzene rings is 2. The van der Waals surface area contributed by atoms with Crippen molar-refractivity contribution in [3.05, 3.63) is 70.8 Å². The fourth-order valence-corrected chi connectivity index (χ4v) is 3.47. The molecular formula is C23H28O2. The summed E-state index contributed by atoms with van der Waals surface area (Å²) >= 11 is 0. The summed E-state index contributed by atoms with van der Waals surface area (Å²) in [6.07, 6.45) is 5.56. The molecule has 2 aliphatic heterocycles. The Hall–Kier alpha value is -1.64. The van der Waals surface area contributed by atoms with E-state index < -0.39 is 0 Å². The monoisotopic (exact) mass is 336 g/mol. The van der Waals surface area contributed by atoms with E-state index in [1.807, 2.05) is 0 Å². The minimum atomic E-state index is 0.0241. The van der Waals surface area contributed by atoms with Gasteiger partial charge in [-0.1, -0.05) is 62.4 Å². The highest BCUT2D eigenvalue weighted by atomic mass is 16.6. The molecule has 2 aromatic rings. The highest BCUT2D eigenvalue weighted by Gasteiger charge is 2.25. The molecule has 0 spiro atoms. The van der Waals surface area contributed by atoms with Crippen LogP contribution in [0.4, 0.5) is 0 Å². The van der Waals surface area contributed by atoms with Crippen molar-refractivity contribution in [1.29, 1.82) is 0 Å². The minimum Gasteiger partial charge on any atom is -0.373 e.